The third kappa shape index (κ3) is 2.70. The van der Waals surface area contributed by atoms with Crippen LogP contribution in [-0.2, 0) is 0 Å². The molecule has 0 radical (unpaired) electrons. The van der Waals surface area contributed by atoms with Crippen molar-refractivity contribution in [1.29, 1.82) is 0 Å². The van der Waals surface area contributed by atoms with E-state index in [1.54, 1.807) is 0 Å². The maximum atomic E-state index is 13.5. The van der Waals surface area contributed by atoms with Crippen LogP contribution in [-0.4, -0.2) is 9.97 Å². The Morgan fingerprint density at radius 2 is 1.33 bits per heavy atom. The third-order valence-corrected chi connectivity index (χ3v) is 2.45. The summed E-state index contributed by atoms with van der Waals surface area (Å²) in [5.74, 6) is -5.16. The summed E-state index contributed by atoms with van der Waals surface area (Å²) in [6.45, 7) is 1.45. The second kappa shape index (κ2) is 5.48. The number of hydrazine groups is 1. The van der Waals surface area contributed by atoms with Crippen LogP contribution in [0.1, 0.15) is 5.82 Å². The van der Waals surface area contributed by atoms with Crippen molar-refractivity contribution < 1.29 is 22.0 Å². The first-order chi connectivity index (χ1) is 9.85. The molecule has 0 amide bonds. The van der Waals surface area contributed by atoms with Crippen LogP contribution in [0, 0.1) is 36.0 Å². The van der Waals surface area contributed by atoms with E-state index in [0.29, 0.717) is 0 Å². The first-order valence-electron chi connectivity index (χ1n) is 5.46. The van der Waals surface area contributed by atoms with E-state index in [-0.39, 0.29) is 17.5 Å². The van der Waals surface area contributed by atoms with Crippen LogP contribution < -0.4 is 16.6 Å². The van der Waals surface area contributed by atoms with E-state index in [1.165, 1.54) is 6.92 Å². The maximum absolute atomic E-state index is 13.5. The van der Waals surface area contributed by atoms with Gasteiger partial charge in [0, 0.05) is 6.07 Å². The number of aryl methyl sites for hydroxylation is 1. The lowest BCUT2D eigenvalue weighted by Gasteiger charge is -2.11. The molecular weight excluding hydrogens is 297 g/mol. The van der Waals surface area contributed by atoms with Gasteiger partial charge in [-0.1, -0.05) is 0 Å². The molecule has 0 aliphatic heterocycles. The van der Waals surface area contributed by atoms with Gasteiger partial charge in [0.25, 0.3) is 0 Å². The number of nitrogens with zero attached hydrogens (tertiary/aromatic N) is 2. The number of benzene rings is 1. The zero-order valence-corrected chi connectivity index (χ0v) is 10.4. The molecule has 1 heterocycles. The SMILES string of the molecule is Cc1nc(NN)cc(Nc2c(F)c(F)c(F)c(F)c2F)n1. The Morgan fingerprint density at radius 1 is 0.857 bits per heavy atom. The molecule has 0 aliphatic carbocycles. The van der Waals surface area contributed by atoms with Gasteiger partial charge in [-0.05, 0) is 6.92 Å². The van der Waals surface area contributed by atoms with E-state index in [2.05, 4.69) is 15.4 Å². The summed E-state index contributed by atoms with van der Waals surface area (Å²) >= 11 is 0. The number of nitrogens with one attached hydrogen (secondary N) is 2. The number of nitrogen functional groups attached to an aromatic ring is 1. The van der Waals surface area contributed by atoms with Gasteiger partial charge >= 0.3 is 0 Å². The topological polar surface area (TPSA) is 75.9 Å². The second-order valence-corrected chi connectivity index (χ2v) is 3.90. The summed E-state index contributed by atoms with van der Waals surface area (Å²) < 4.78 is 66.0. The van der Waals surface area contributed by atoms with E-state index in [0.717, 1.165) is 6.07 Å². The predicted octanol–water partition coefficient (Wildman–Crippen LogP) is 2.51. The fourth-order valence-electron chi connectivity index (χ4n) is 1.55. The Morgan fingerprint density at radius 3 is 1.86 bits per heavy atom. The van der Waals surface area contributed by atoms with E-state index in [1.807, 2.05) is 5.32 Å². The minimum atomic E-state index is -2.24. The molecule has 0 fully saturated rings. The van der Waals surface area contributed by atoms with Crippen molar-refractivity contribution in [3.8, 4) is 0 Å². The Balaban J connectivity index is 2.52. The number of nitrogens with two attached hydrogens (primary N) is 1. The predicted molar refractivity (Wildman–Crippen MR) is 64.1 cm³/mol. The zero-order chi connectivity index (χ0) is 15.7. The first kappa shape index (κ1) is 14.9. The minimum absolute atomic E-state index is 0.0915. The normalized spacial score (nSPS) is 10.6. The molecular formula is C11H8F5N5. The lowest BCUT2D eigenvalue weighted by Crippen LogP contribution is -2.12. The van der Waals surface area contributed by atoms with Gasteiger partial charge in [-0.25, -0.2) is 37.8 Å². The number of rotatable bonds is 3. The van der Waals surface area contributed by atoms with Crippen molar-refractivity contribution in [3.63, 3.8) is 0 Å². The summed E-state index contributed by atoms with van der Waals surface area (Å²) in [7, 11) is 0. The molecule has 0 spiro atoms. The van der Waals surface area contributed by atoms with Gasteiger partial charge in [-0.15, -0.1) is 0 Å². The van der Waals surface area contributed by atoms with Gasteiger partial charge in [-0.2, -0.15) is 0 Å². The van der Waals surface area contributed by atoms with Crippen molar-refractivity contribution in [2.24, 2.45) is 5.84 Å². The molecule has 2 aromatic rings. The molecule has 0 unspecified atom stereocenters. The van der Waals surface area contributed by atoms with Crippen molar-refractivity contribution in [3.05, 3.63) is 41.0 Å². The highest BCUT2D eigenvalue weighted by Gasteiger charge is 2.26. The number of hydrogen-bond donors (Lipinski definition) is 3. The van der Waals surface area contributed by atoms with Crippen LogP contribution in [0.2, 0.25) is 0 Å². The monoisotopic (exact) mass is 305 g/mol. The van der Waals surface area contributed by atoms with Gasteiger partial charge in [0.2, 0.25) is 5.82 Å². The Kier molecular flexibility index (Phi) is 3.89. The maximum Gasteiger partial charge on any atom is 0.200 e. The van der Waals surface area contributed by atoms with Crippen LogP contribution in [0.5, 0.6) is 0 Å². The van der Waals surface area contributed by atoms with Crippen molar-refractivity contribution >= 4 is 17.3 Å². The van der Waals surface area contributed by atoms with E-state index < -0.39 is 34.8 Å². The third-order valence-electron chi connectivity index (χ3n) is 2.45. The zero-order valence-electron chi connectivity index (χ0n) is 10.4. The van der Waals surface area contributed by atoms with E-state index in [4.69, 9.17) is 5.84 Å². The van der Waals surface area contributed by atoms with E-state index >= 15 is 0 Å². The van der Waals surface area contributed by atoms with E-state index in [9.17, 15) is 22.0 Å². The smallest absolute Gasteiger partial charge is 0.200 e. The molecule has 0 atom stereocenters. The van der Waals surface area contributed by atoms with Crippen LogP contribution in [0.3, 0.4) is 0 Å². The Labute approximate surface area is 115 Å². The molecule has 0 bridgehead atoms. The number of halogens is 5. The van der Waals surface area contributed by atoms with Crippen molar-refractivity contribution in [1.82, 2.24) is 9.97 Å². The van der Waals surface area contributed by atoms with Crippen LogP contribution in [0.25, 0.3) is 0 Å². The summed E-state index contributed by atoms with van der Waals surface area (Å²) in [5.41, 5.74) is 0.953. The molecule has 1 aromatic carbocycles. The average Bonchev–Trinajstić information content (AvgIpc) is 2.47. The minimum Gasteiger partial charge on any atom is -0.335 e. The fourth-order valence-corrected chi connectivity index (χ4v) is 1.55. The highest BCUT2D eigenvalue weighted by Crippen LogP contribution is 2.29. The highest BCUT2D eigenvalue weighted by molar-refractivity contribution is 5.60. The Hall–Kier alpha value is -2.49. The summed E-state index contributed by atoms with van der Waals surface area (Å²) in [4.78, 5) is 7.56. The summed E-state index contributed by atoms with van der Waals surface area (Å²) in [5, 5.41) is 2.02. The van der Waals surface area contributed by atoms with Crippen molar-refractivity contribution in [2.75, 3.05) is 10.7 Å². The standard InChI is InChI=1S/C11H8F5N5/c1-3-18-4(2-5(19-3)21-17)20-11-9(15)7(13)6(12)8(14)10(11)16/h2H,17H2,1H3,(H2,18,19,20,21). The second-order valence-electron chi connectivity index (χ2n) is 3.90. The number of hydrogen-bond acceptors (Lipinski definition) is 5. The molecule has 0 saturated heterocycles. The molecule has 10 heteroatoms. The number of anilines is 3. The average molecular weight is 305 g/mol. The molecule has 0 saturated carbocycles. The van der Waals surface area contributed by atoms with Crippen LogP contribution >= 0.6 is 0 Å². The molecule has 5 nitrogen and oxygen atoms in total. The van der Waals surface area contributed by atoms with Crippen molar-refractivity contribution in [2.45, 2.75) is 6.92 Å². The molecule has 4 N–H and O–H groups in total. The Bertz CT molecular complexity index is 677. The van der Waals surface area contributed by atoms with Gasteiger partial charge in [0.05, 0.1) is 0 Å². The lowest BCUT2D eigenvalue weighted by molar-refractivity contribution is 0.382. The molecule has 0 aliphatic rings. The number of aromatic nitrogens is 2. The molecule has 112 valence electrons. The highest BCUT2D eigenvalue weighted by atomic mass is 19.2. The molecule has 2 rings (SSSR count). The van der Waals surface area contributed by atoms with Gasteiger partial charge in [0.1, 0.15) is 23.1 Å². The summed E-state index contributed by atoms with van der Waals surface area (Å²) in [6.07, 6.45) is 0. The fraction of sp³-hybridized carbons (Fsp3) is 0.0909. The largest absolute Gasteiger partial charge is 0.335 e. The van der Waals surface area contributed by atoms with Crippen LogP contribution in [0.15, 0.2) is 6.07 Å². The van der Waals surface area contributed by atoms with Gasteiger partial charge < -0.3 is 10.7 Å². The molecule has 1 aromatic heterocycles. The van der Waals surface area contributed by atoms with Gasteiger partial charge in [-0.3, -0.25) is 0 Å². The molecule has 21 heavy (non-hydrogen) atoms. The van der Waals surface area contributed by atoms with Gasteiger partial charge in [0.15, 0.2) is 23.3 Å². The van der Waals surface area contributed by atoms with Crippen LogP contribution in [0.4, 0.5) is 39.3 Å². The quantitative estimate of drug-likeness (QED) is 0.267. The first-order valence-corrected chi connectivity index (χ1v) is 5.46. The lowest BCUT2D eigenvalue weighted by atomic mass is 10.2. The summed E-state index contributed by atoms with van der Waals surface area (Å²) in [6, 6.07) is 1.13.